The molecule has 1 N–H and O–H groups in total. The van der Waals surface area contributed by atoms with E-state index in [0.29, 0.717) is 12.4 Å². The van der Waals surface area contributed by atoms with Gasteiger partial charge in [-0.1, -0.05) is 30.3 Å². The molecule has 0 aliphatic rings. The van der Waals surface area contributed by atoms with Gasteiger partial charge >= 0.3 is 0 Å². The molecule has 104 valence electrons. The van der Waals surface area contributed by atoms with E-state index in [2.05, 4.69) is 17.1 Å². The molecule has 1 aromatic carbocycles. The number of benzene rings is 1. The largest absolute Gasteiger partial charge is 0.392 e. The fraction of sp³-hybridized carbons (Fsp3) is 0.333. The molecule has 0 radical (unpaired) electrons. The lowest BCUT2D eigenvalue weighted by Crippen LogP contribution is -2.01. The number of hydrogen-bond donors (Lipinski definition) is 1. The van der Waals surface area contributed by atoms with Crippen molar-refractivity contribution in [1.82, 2.24) is 14.7 Å². The maximum atomic E-state index is 9.45. The van der Waals surface area contributed by atoms with Gasteiger partial charge < -0.3 is 14.2 Å². The Hall–Kier alpha value is -2.14. The lowest BCUT2D eigenvalue weighted by Gasteiger charge is -2.05. The first-order valence-corrected chi connectivity index (χ1v) is 6.81. The Morgan fingerprint density at radius 3 is 3.00 bits per heavy atom. The molecule has 0 aliphatic carbocycles. The molecule has 0 fully saturated rings. The molecule has 3 rings (SSSR count). The van der Waals surface area contributed by atoms with Crippen LogP contribution in [-0.4, -0.2) is 19.8 Å². The predicted octanol–water partition coefficient (Wildman–Crippen LogP) is 2.52. The molecular formula is C15H17N3O2. The molecule has 2 aromatic heterocycles. The van der Waals surface area contributed by atoms with Crippen molar-refractivity contribution >= 4 is 10.9 Å². The Bertz CT molecular complexity index is 715. The first kappa shape index (κ1) is 12.9. The predicted molar refractivity (Wildman–Crippen MR) is 75.3 cm³/mol. The summed E-state index contributed by atoms with van der Waals surface area (Å²) in [5.41, 5.74) is 1.92. The van der Waals surface area contributed by atoms with Gasteiger partial charge in [0.2, 0.25) is 5.89 Å². The van der Waals surface area contributed by atoms with Gasteiger partial charge in [0, 0.05) is 18.2 Å². The van der Waals surface area contributed by atoms with Gasteiger partial charge in [0.05, 0.1) is 12.1 Å². The molecule has 5 nitrogen and oxygen atoms in total. The Morgan fingerprint density at radius 2 is 2.20 bits per heavy atom. The van der Waals surface area contributed by atoms with Crippen molar-refractivity contribution < 1.29 is 9.63 Å². The molecule has 3 aromatic rings. The number of aliphatic hydroxyl groups is 1. The van der Waals surface area contributed by atoms with Gasteiger partial charge in [-0.05, 0) is 17.9 Å². The normalized spacial score (nSPS) is 11.3. The molecule has 0 saturated carbocycles. The van der Waals surface area contributed by atoms with Crippen LogP contribution in [0.3, 0.4) is 0 Å². The van der Waals surface area contributed by atoms with E-state index in [-0.39, 0.29) is 6.61 Å². The van der Waals surface area contributed by atoms with Crippen LogP contribution in [0.5, 0.6) is 0 Å². The monoisotopic (exact) mass is 271 g/mol. The number of hydrogen-bond acceptors (Lipinski definition) is 4. The number of aromatic nitrogens is 3. The SMILES string of the molecule is CCCc1noc(Cn2ccc3cccc(CO)c32)n1. The highest BCUT2D eigenvalue weighted by Gasteiger charge is 2.10. The van der Waals surface area contributed by atoms with E-state index in [9.17, 15) is 5.11 Å². The van der Waals surface area contributed by atoms with E-state index in [0.717, 1.165) is 35.1 Å². The highest BCUT2D eigenvalue weighted by Crippen LogP contribution is 2.21. The van der Waals surface area contributed by atoms with Crippen LogP contribution < -0.4 is 0 Å². The molecule has 0 spiro atoms. The minimum absolute atomic E-state index is 0.0201. The second kappa shape index (κ2) is 5.46. The number of para-hydroxylation sites is 1. The summed E-state index contributed by atoms with van der Waals surface area (Å²) in [6.45, 7) is 2.63. The van der Waals surface area contributed by atoms with Crippen LogP contribution in [0.4, 0.5) is 0 Å². The molecule has 0 aliphatic heterocycles. The minimum atomic E-state index is 0.0201. The van der Waals surface area contributed by atoms with Gasteiger partial charge in [0.1, 0.15) is 6.54 Å². The average molecular weight is 271 g/mol. The van der Waals surface area contributed by atoms with E-state index in [1.54, 1.807) is 0 Å². The van der Waals surface area contributed by atoms with Crippen LogP contribution in [-0.2, 0) is 19.6 Å². The minimum Gasteiger partial charge on any atom is -0.392 e. The number of fused-ring (bicyclic) bond motifs is 1. The number of aliphatic hydroxyl groups excluding tert-OH is 1. The van der Waals surface area contributed by atoms with E-state index in [1.807, 2.05) is 35.0 Å². The van der Waals surface area contributed by atoms with Crippen molar-refractivity contribution in [3.63, 3.8) is 0 Å². The maximum absolute atomic E-state index is 9.45. The van der Waals surface area contributed by atoms with Gasteiger partial charge in [0.25, 0.3) is 0 Å². The second-order valence-electron chi connectivity index (χ2n) is 4.81. The summed E-state index contributed by atoms with van der Waals surface area (Å²) in [6.07, 6.45) is 3.81. The van der Waals surface area contributed by atoms with Gasteiger partial charge in [0.15, 0.2) is 5.82 Å². The number of rotatable bonds is 5. The summed E-state index contributed by atoms with van der Waals surface area (Å²) in [7, 11) is 0. The van der Waals surface area contributed by atoms with E-state index in [1.165, 1.54) is 0 Å². The number of nitrogens with zero attached hydrogens (tertiary/aromatic N) is 3. The zero-order chi connectivity index (χ0) is 13.9. The first-order chi connectivity index (χ1) is 9.81. The Morgan fingerprint density at radius 1 is 1.30 bits per heavy atom. The van der Waals surface area contributed by atoms with E-state index < -0.39 is 0 Å². The summed E-state index contributed by atoms with van der Waals surface area (Å²) in [6, 6.07) is 7.93. The van der Waals surface area contributed by atoms with Crippen LogP contribution in [0.25, 0.3) is 10.9 Å². The Balaban J connectivity index is 1.93. The average Bonchev–Trinajstić information content (AvgIpc) is 3.07. The third-order valence-electron chi connectivity index (χ3n) is 3.33. The lowest BCUT2D eigenvalue weighted by atomic mass is 10.1. The molecule has 20 heavy (non-hydrogen) atoms. The van der Waals surface area contributed by atoms with Crippen molar-refractivity contribution in [2.24, 2.45) is 0 Å². The molecular weight excluding hydrogens is 254 g/mol. The molecule has 0 bridgehead atoms. The van der Waals surface area contributed by atoms with Gasteiger partial charge in [-0.2, -0.15) is 4.98 Å². The van der Waals surface area contributed by atoms with Crippen LogP contribution in [0.15, 0.2) is 35.0 Å². The molecule has 0 amide bonds. The summed E-state index contributed by atoms with van der Waals surface area (Å²) >= 11 is 0. The van der Waals surface area contributed by atoms with Crippen molar-refractivity contribution in [3.8, 4) is 0 Å². The van der Waals surface area contributed by atoms with Crippen LogP contribution >= 0.6 is 0 Å². The molecule has 5 heteroatoms. The second-order valence-corrected chi connectivity index (χ2v) is 4.81. The molecule has 0 unspecified atom stereocenters. The van der Waals surface area contributed by atoms with Crippen molar-refractivity contribution in [1.29, 1.82) is 0 Å². The van der Waals surface area contributed by atoms with Gasteiger partial charge in [-0.25, -0.2) is 0 Å². The molecule has 0 atom stereocenters. The fourth-order valence-corrected chi connectivity index (χ4v) is 2.43. The van der Waals surface area contributed by atoms with Crippen molar-refractivity contribution in [2.45, 2.75) is 32.9 Å². The van der Waals surface area contributed by atoms with Gasteiger partial charge in [-0.3, -0.25) is 0 Å². The maximum Gasteiger partial charge on any atom is 0.246 e. The highest BCUT2D eigenvalue weighted by molar-refractivity contribution is 5.83. The van der Waals surface area contributed by atoms with E-state index >= 15 is 0 Å². The fourth-order valence-electron chi connectivity index (χ4n) is 2.43. The summed E-state index contributed by atoms with van der Waals surface area (Å²) in [5, 5.41) is 14.5. The lowest BCUT2D eigenvalue weighted by molar-refractivity contribution is 0.282. The zero-order valence-electron chi connectivity index (χ0n) is 11.4. The molecule has 2 heterocycles. The van der Waals surface area contributed by atoms with E-state index in [4.69, 9.17) is 4.52 Å². The van der Waals surface area contributed by atoms with Crippen LogP contribution in [0, 0.1) is 0 Å². The summed E-state index contributed by atoms with van der Waals surface area (Å²) < 4.78 is 7.30. The van der Waals surface area contributed by atoms with Crippen LogP contribution in [0.2, 0.25) is 0 Å². The quantitative estimate of drug-likeness (QED) is 0.774. The standard InChI is InChI=1S/C15H17N3O2/c1-2-4-13-16-14(20-17-13)9-18-8-7-11-5-3-6-12(10-19)15(11)18/h3,5-8,19H,2,4,9-10H2,1H3. The molecule has 0 saturated heterocycles. The smallest absolute Gasteiger partial charge is 0.246 e. The topological polar surface area (TPSA) is 64.1 Å². The zero-order valence-corrected chi connectivity index (χ0v) is 11.4. The Kier molecular flexibility index (Phi) is 3.52. The third-order valence-corrected chi connectivity index (χ3v) is 3.33. The third kappa shape index (κ3) is 2.32. The number of aryl methyl sites for hydroxylation is 1. The summed E-state index contributed by atoms with van der Waals surface area (Å²) in [5.74, 6) is 1.35. The van der Waals surface area contributed by atoms with Crippen molar-refractivity contribution in [2.75, 3.05) is 0 Å². The first-order valence-electron chi connectivity index (χ1n) is 6.81. The van der Waals surface area contributed by atoms with Crippen molar-refractivity contribution in [3.05, 3.63) is 47.7 Å². The van der Waals surface area contributed by atoms with Crippen LogP contribution in [0.1, 0.15) is 30.6 Å². The highest BCUT2D eigenvalue weighted by atomic mass is 16.5. The summed E-state index contributed by atoms with van der Waals surface area (Å²) in [4.78, 5) is 4.38. The van der Waals surface area contributed by atoms with Gasteiger partial charge in [-0.15, -0.1) is 0 Å². The Labute approximate surface area is 116 Å².